The second-order valence-corrected chi connectivity index (χ2v) is 21.0. The molecule has 17 nitrogen and oxygen atoms in total. The minimum atomic E-state index is -3.39. The first-order valence-electron chi connectivity index (χ1n) is 23.5. The first kappa shape index (κ1) is 54.2. The molecular weight excluding hydrogens is 869 g/mol. The van der Waals surface area contributed by atoms with E-state index in [1.807, 2.05) is 33.8 Å². The van der Waals surface area contributed by atoms with Gasteiger partial charge in [0, 0.05) is 65.2 Å². The number of sulfone groups is 1. The number of likely N-dealkylation sites (N-methyl/N-ethyl adjacent to an activating group) is 1. The largest absolute Gasteiger partial charge is 0.480 e. The van der Waals surface area contributed by atoms with Gasteiger partial charge in [-0.15, -0.1) is 0 Å². The highest BCUT2D eigenvalue weighted by Gasteiger charge is 2.52. The molecule has 2 bridgehead atoms. The number of rotatable bonds is 26. The van der Waals surface area contributed by atoms with E-state index in [4.69, 9.17) is 9.47 Å². The number of carbonyl (C=O) groups excluding carboxylic acids is 5. The third kappa shape index (κ3) is 13.6. The molecule has 2 aliphatic heterocycles. The van der Waals surface area contributed by atoms with Crippen LogP contribution in [0.4, 0.5) is 0 Å². The lowest BCUT2D eigenvalue weighted by atomic mass is 9.89. The molecule has 4 rings (SSSR count). The van der Waals surface area contributed by atoms with Crippen LogP contribution in [0.2, 0.25) is 0 Å². The Labute approximate surface area is 392 Å². The number of benzene rings is 1. The summed E-state index contributed by atoms with van der Waals surface area (Å²) in [6.07, 6.45) is 2.85. The molecule has 3 unspecified atom stereocenters. The summed E-state index contributed by atoms with van der Waals surface area (Å²) in [6, 6.07) is 5.08. The minimum absolute atomic E-state index is 0.0439. The number of methoxy groups -OCH3 is 2. The molecule has 0 radical (unpaired) electrons. The van der Waals surface area contributed by atoms with Crippen molar-refractivity contribution in [2.24, 2.45) is 23.7 Å². The van der Waals surface area contributed by atoms with Crippen LogP contribution in [0.1, 0.15) is 91.5 Å². The highest BCUT2D eigenvalue weighted by Crippen LogP contribution is 2.43. The van der Waals surface area contributed by atoms with E-state index in [9.17, 15) is 42.3 Å². The Kier molecular flexibility index (Phi) is 20.2. The Morgan fingerprint density at radius 3 is 2.23 bits per heavy atom. The molecule has 1 aromatic rings. The number of hydrogen-bond acceptors (Lipinski definition) is 11. The van der Waals surface area contributed by atoms with Gasteiger partial charge in [0.1, 0.15) is 18.1 Å². The molecule has 66 heavy (non-hydrogen) atoms. The zero-order chi connectivity index (χ0) is 49.0. The molecule has 370 valence electrons. The average molecular weight is 945 g/mol. The van der Waals surface area contributed by atoms with Crippen molar-refractivity contribution in [3.8, 4) is 0 Å². The second kappa shape index (κ2) is 24.6. The Hall–Kier alpha value is -4.39. The van der Waals surface area contributed by atoms with Crippen LogP contribution >= 0.6 is 0 Å². The van der Waals surface area contributed by atoms with Crippen molar-refractivity contribution >= 4 is 45.3 Å². The first-order valence-corrected chi connectivity index (χ1v) is 25.3. The van der Waals surface area contributed by atoms with E-state index in [2.05, 4.69) is 17.2 Å². The second-order valence-electron chi connectivity index (χ2n) is 19.0. The summed E-state index contributed by atoms with van der Waals surface area (Å²) in [5.41, 5.74) is 0.765. The van der Waals surface area contributed by atoms with Crippen molar-refractivity contribution in [1.29, 1.82) is 0 Å². The number of nitrogens with one attached hydrogen (secondary N) is 2. The number of likely N-dealkylation sites (tertiary alicyclic amines) is 2. The molecule has 1 saturated carbocycles. The van der Waals surface area contributed by atoms with Crippen LogP contribution in [0.3, 0.4) is 0 Å². The maximum atomic E-state index is 14.6. The quantitative estimate of drug-likeness (QED) is 0.122. The normalized spacial score (nSPS) is 22.6. The van der Waals surface area contributed by atoms with Gasteiger partial charge in [0.2, 0.25) is 29.5 Å². The lowest BCUT2D eigenvalue weighted by molar-refractivity contribution is -0.149. The van der Waals surface area contributed by atoms with Crippen LogP contribution in [0, 0.1) is 23.7 Å². The molecule has 3 fully saturated rings. The number of aliphatic carboxylic acids is 1. The molecule has 3 aliphatic rings. The van der Waals surface area contributed by atoms with E-state index >= 15 is 0 Å². The third-order valence-corrected chi connectivity index (χ3v) is 15.5. The van der Waals surface area contributed by atoms with Gasteiger partial charge in [-0.25, -0.2) is 13.2 Å². The first-order chi connectivity index (χ1) is 31.2. The molecule has 5 amide bonds. The number of carbonyl (C=O) groups is 6. The molecule has 1 aliphatic carbocycles. The summed E-state index contributed by atoms with van der Waals surface area (Å²) in [4.78, 5) is 89.5. The lowest BCUT2D eigenvalue weighted by Crippen LogP contribution is -2.60. The number of piperidine rings is 1. The van der Waals surface area contributed by atoms with E-state index in [1.54, 1.807) is 64.9 Å². The van der Waals surface area contributed by atoms with Crippen LogP contribution in [0.25, 0.3) is 0 Å². The van der Waals surface area contributed by atoms with Crippen molar-refractivity contribution in [3.05, 3.63) is 47.9 Å². The van der Waals surface area contributed by atoms with Crippen LogP contribution in [0.15, 0.2) is 42.3 Å². The molecule has 2 heterocycles. The minimum Gasteiger partial charge on any atom is -0.480 e. The van der Waals surface area contributed by atoms with E-state index in [0.717, 1.165) is 23.8 Å². The van der Waals surface area contributed by atoms with Crippen molar-refractivity contribution < 1.29 is 51.8 Å². The molecule has 18 heteroatoms. The summed E-state index contributed by atoms with van der Waals surface area (Å²) in [6.45, 7) is 13.7. The zero-order valence-electron chi connectivity index (χ0n) is 40.5. The van der Waals surface area contributed by atoms with E-state index in [-0.39, 0.29) is 79.0 Å². The molecule has 1 aromatic carbocycles. The smallest absolute Gasteiger partial charge is 0.326 e. The van der Waals surface area contributed by atoms with Gasteiger partial charge in [0.05, 0.1) is 42.4 Å². The summed E-state index contributed by atoms with van der Waals surface area (Å²) in [5, 5.41) is 16.6. The Bertz CT molecular complexity index is 1950. The highest BCUT2D eigenvalue weighted by atomic mass is 32.2. The number of nitrogens with zero attached hydrogens (tertiary/aromatic N) is 4. The molecule has 2 saturated heterocycles. The van der Waals surface area contributed by atoms with Crippen molar-refractivity contribution in [2.45, 2.75) is 141 Å². The molecule has 0 aromatic heterocycles. The van der Waals surface area contributed by atoms with Gasteiger partial charge < -0.3 is 44.8 Å². The van der Waals surface area contributed by atoms with Crippen LogP contribution in [-0.2, 0) is 54.5 Å². The van der Waals surface area contributed by atoms with E-state index in [1.165, 1.54) is 14.2 Å². The number of ether oxygens (including phenoxy) is 2. The van der Waals surface area contributed by atoms with Gasteiger partial charge in [-0.2, -0.15) is 0 Å². The van der Waals surface area contributed by atoms with Gasteiger partial charge in [-0.3, -0.25) is 24.0 Å². The van der Waals surface area contributed by atoms with Crippen LogP contribution in [0.5, 0.6) is 0 Å². The number of fused-ring (bicyclic) bond motifs is 2. The predicted octanol–water partition coefficient (Wildman–Crippen LogP) is 3.12. The van der Waals surface area contributed by atoms with Crippen LogP contribution < -0.4 is 10.6 Å². The maximum absolute atomic E-state index is 14.6. The Balaban J connectivity index is 1.45. The summed E-state index contributed by atoms with van der Waals surface area (Å²) >= 11 is 0. The average Bonchev–Trinajstić information content (AvgIpc) is 4.07. The van der Waals surface area contributed by atoms with Crippen molar-refractivity contribution in [1.82, 2.24) is 30.2 Å². The van der Waals surface area contributed by atoms with Gasteiger partial charge in [-0.05, 0) is 62.5 Å². The fourth-order valence-electron chi connectivity index (χ4n) is 10.2. The summed E-state index contributed by atoms with van der Waals surface area (Å²) in [5.74, 6) is -4.21. The number of carboxylic acid groups (broad SMARTS) is 1. The van der Waals surface area contributed by atoms with E-state index < -0.39 is 70.0 Å². The summed E-state index contributed by atoms with van der Waals surface area (Å²) in [7, 11) is 3.02. The predicted molar refractivity (Wildman–Crippen MR) is 250 cm³/mol. The van der Waals surface area contributed by atoms with Gasteiger partial charge in [-0.1, -0.05) is 78.0 Å². The van der Waals surface area contributed by atoms with Crippen molar-refractivity contribution in [3.63, 3.8) is 0 Å². The number of hydrogen-bond donors (Lipinski definition) is 3. The SMILES string of the molecule is C=CS(=O)(=O)CCN(C)CCC(=O)N1[C@@H]2CC[C@@H](C2)[C@H]1C(=O)NC(C(=O)N(C)[C@@H]([C@@H](C)CC)[C@@H](CC(=O)N1CCCC1[C@H](OC)[C@@H](C)C(=O)NC(Cc1ccccc1)C(=O)O)OC)C(C)C. The van der Waals surface area contributed by atoms with Gasteiger partial charge in [0.25, 0.3) is 0 Å². The monoisotopic (exact) mass is 945 g/mol. The fraction of sp³-hybridized carbons (Fsp3) is 0.708. The third-order valence-electron chi connectivity index (χ3n) is 14.2. The van der Waals surface area contributed by atoms with Gasteiger partial charge >= 0.3 is 5.97 Å². The molecule has 11 atom stereocenters. The van der Waals surface area contributed by atoms with Gasteiger partial charge in [0.15, 0.2) is 9.84 Å². The zero-order valence-corrected chi connectivity index (χ0v) is 41.3. The number of amides is 5. The summed E-state index contributed by atoms with van der Waals surface area (Å²) < 4.78 is 35.8. The van der Waals surface area contributed by atoms with Crippen LogP contribution in [-0.4, -0.2) is 171 Å². The molecule has 0 spiro atoms. The fourth-order valence-corrected chi connectivity index (χ4v) is 10.9. The Morgan fingerprint density at radius 1 is 0.955 bits per heavy atom. The molecule has 3 N–H and O–H groups in total. The van der Waals surface area contributed by atoms with E-state index in [0.29, 0.717) is 38.8 Å². The standard InChI is InChI=1S/C48H76N6O11S/c1-11-31(5)42(38(64-9)29-40(56)53-23-16-19-37(53)44(65-10)32(6)45(57)49-36(48(60)61)27-33-17-14-13-15-18-33)52(8)47(59)41(30(3)4)50-46(58)43-34-20-21-35(28-34)54(43)39(55)22-24-51(7)25-26-66(62,63)12-2/h12-15,17-18,30-32,34-38,41-44H,2,11,16,19-29H2,1,3-10H3,(H,49,57)(H,50,58)(H,60,61)/t31-,32+,34-,35+,36?,37?,38+,41?,42-,43-,44+/m0/s1. The lowest BCUT2D eigenvalue weighted by Gasteiger charge is -2.41. The highest BCUT2D eigenvalue weighted by molar-refractivity contribution is 7.94. The topological polar surface area (TPSA) is 212 Å². The van der Waals surface area contributed by atoms with Crippen molar-refractivity contribution in [2.75, 3.05) is 53.7 Å². The number of carboxylic acids is 1. The Morgan fingerprint density at radius 2 is 1.64 bits per heavy atom. The molecular formula is C48H76N6O11S. The maximum Gasteiger partial charge on any atom is 0.326 e.